The molecule has 0 saturated carbocycles. The van der Waals surface area contributed by atoms with Gasteiger partial charge < -0.3 is 10.6 Å². The van der Waals surface area contributed by atoms with Crippen LogP contribution in [0.2, 0.25) is 0 Å². The van der Waals surface area contributed by atoms with Crippen molar-refractivity contribution in [2.24, 2.45) is 5.92 Å². The molecule has 0 bridgehead atoms. The maximum atomic E-state index is 12.0. The number of hydrogen-bond donors (Lipinski definition) is 2. The predicted molar refractivity (Wildman–Crippen MR) is 78.6 cm³/mol. The summed E-state index contributed by atoms with van der Waals surface area (Å²) in [6, 6.07) is 0. The average Bonchev–Trinajstić information content (AvgIpc) is 2.46. The number of rotatable bonds is 5. The molecular formula is C13H20N4OS. The summed E-state index contributed by atoms with van der Waals surface area (Å²) in [7, 11) is 0. The lowest BCUT2D eigenvalue weighted by Gasteiger charge is -2.21. The van der Waals surface area contributed by atoms with Gasteiger partial charge >= 0.3 is 0 Å². The van der Waals surface area contributed by atoms with Crippen LogP contribution in [-0.4, -0.2) is 40.5 Å². The van der Waals surface area contributed by atoms with Gasteiger partial charge in [-0.3, -0.25) is 9.78 Å². The molecule has 1 fully saturated rings. The lowest BCUT2D eigenvalue weighted by molar-refractivity contribution is 0.0941. The largest absolute Gasteiger partial charge is 0.369 e. The van der Waals surface area contributed by atoms with E-state index in [2.05, 4.69) is 20.6 Å². The zero-order chi connectivity index (χ0) is 13.5. The standard InChI is InChI=1S/C13H20N4OS/c1-2-15-12-9-14-8-11(17-12)13(18)16-7-10-3-5-19-6-4-10/h8-10H,2-7H2,1H3,(H,15,17)(H,16,18). The van der Waals surface area contributed by atoms with Crippen molar-refractivity contribution in [1.82, 2.24) is 15.3 Å². The molecule has 0 aliphatic carbocycles. The summed E-state index contributed by atoms with van der Waals surface area (Å²) in [6.07, 6.45) is 5.51. The van der Waals surface area contributed by atoms with Crippen LogP contribution in [0.15, 0.2) is 12.4 Å². The molecule has 2 heterocycles. The van der Waals surface area contributed by atoms with Gasteiger partial charge in [0.1, 0.15) is 11.5 Å². The zero-order valence-corrected chi connectivity index (χ0v) is 12.0. The number of amides is 1. The molecule has 104 valence electrons. The van der Waals surface area contributed by atoms with E-state index in [1.165, 1.54) is 30.5 Å². The summed E-state index contributed by atoms with van der Waals surface area (Å²) in [5.41, 5.74) is 0.378. The Morgan fingerprint density at radius 2 is 2.21 bits per heavy atom. The Kier molecular flexibility index (Phi) is 5.44. The van der Waals surface area contributed by atoms with E-state index in [-0.39, 0.29) is 5.91 Å². The number of carbonyl (C=O) groups excluding carboxylic acids is 1. The Morgan fingerprint density at radius 3 is 2.95 bits per heavy atom. The first-order valence-corrected chi connectivity index (χ1v) is 7.87. The summed E-state index contributed by atoms with van der Waals surface area (Å²) in [5, 5.41) is 6.01. The van der Waals surface area contributed by atoms with Crippen molar-refractivity contribution < 1.29 is 4.79 Å². The maximum Gasteiger partial charge on any atom is 0.271 e. The van der Waals surface area contributed by atoms with Gasteiger partial charge in [0.15, 0.2) is 0 Å². The predicted octanol–water partition coefficient (Wildman–Crippen LogP) is 1.78. The van der Waals surface area contributed by atoms with E-state index < -0.39 is 0 Å². The van der Waals surface area contributed by atoms with Crippen molar-refractivity contribution >= 4 is 23.5 Å². The smallest absolute Gasteiger partial charge is 0.271 e. The zero-order valence-electron chi connectivity index (χ0n) is 11.2. The molecule has 0 spiro atoms. The molecule has 1 saturated heterocycles. The number of nitrogens with one attached hydrogen (secondary N) is 2. The van der Waals surface area contributed by atoms with Crippen LogP contribution in [0.4, 0.5) is 5.82 Å². The molecular weight excluding hydrogens is 260 g/mol. The summed E-state index contributed by atoms with van der Waals surface area (Å²) in [5.74, 6) is 3.52. The van der Waals surface area contributed by atoms with Gasteiger partial charge in [0.05, 0.1) is 12.4 Å². The van der Waals surface area contributed by atoms with E-state index in [9.17, 15) is 4.79 Å². The molecule has 1 aliphatic heterocycles. The van der Waals surface area contributed by atoms with Crippen LogP contribution in [0, 0.1) is 5.92 Å². The van der Waals surface area contributed by atoms with Crippen LogP contribution < -0.4 is 10.6 Å². The highest BCUT2D eigenvalue weighted by Gasteiger charge is 2.15. The Balaban J connectivity index is 1.86. The molecule has 0 radical (unpaired) electrons. The molecule has 0 atom stereocenters. The fraction of sp³-hybridized carbons (Fsp3) is 0.615. The van der Waals surface area contributed by atoms with Crippen LogP contribution in [0.3, 0.4) is 0 Å². The second-order valence-corrected chi connectivity index (χ2v) is 5.81. The van der Waals surface area contributed by atoms with Crippen molar-refractivity contribution in [1.29, 1.82) is 0 Å². The third kappa shape index (κ3) is 4.38. The van der Waals surface area contributed by atoms with Crippen molar-refractivity contribution in [3.05, 3.63) is 18.1 Å². The Bertz CT molecular complexity index is 421. The van der Waals surface area contributed by atoms with Crippen LogP contribution >= 0.6 is 11.8 Å². The lowest BCUT2D eigenvalue weighted by Crippen LogP contribution is -2.31. The average molecular weight is 280 g/mol. The summed E-state index contributed by atoms with van der Waals surface area (Å²) >= 11 is 1.99. The molecule has 0 aromatic carbocycles. The molecule has 1 aromatic heterocycles. The van der Waals surface area contributed by atoms with E-state index >= 15 is 0 Å². The second kappa shape index (κ2) is 7.33. The third-order valence-corrected chi connectivity index (χ3v) is 4.17. The van der Waals surface area contributed by atoms with Gasteiger partial charge in [-0.2, -0.15) is 11.8 Å². The molecule has 1 amide bonds. The summed E-state index contributed by atoms with van der Waals surface area (Å²) in [6.45, 7) is 3.49. The summed E-state index contributed by atoms with van der Waals surface area (Å²) < 4.78 is 0. The van der Waals surface area contributed by atoms with Gasteiger partial charge in [-0.15, -0.1) is 0 Å². The van der Waals surface area contributed by atoms with Gasteiger partial charge in [0.25, 0.3) is 5.91 Å². The third-order valence-electron chi connectivity index (χ3n) is 3.12. The Morgan fingerprint density at radius 1 is 1.42 bits per heavy atom. The molecule has 2 rings (SSSR count). The maximum absolute atomic E-state index is 12.0. The molecule has 1 aromatic rings. The molecule has 6 heteroatoms. The minimum absolute atomic E-state index is 0.134. The monoisotopic (exact) mass is 280 g/mol. The van der Waals surface area contributed by atoms with Gasteiger partial charge in [-0.1, -0.05) is 0 Å². The van der Waals surface area contributed by atoms with E-state index in [1.54, 1.807) is 6.20 Å². The van der Waals surface area contributed by atoms with E-state index in [0.717, 1.165) is 13.1 Å². The van der Waals surface area contributed by atoms with Gasteiger partial charge in [0.2, 0.25) is 0 Å². The fourth-order valence-electron chi connectivity index (χ4n) is 2.02. The highest BCUT2D eigenvalue weighted by molar-refractivity contribution is 7.99. The number of hydrogen-bond acceptors (Lipinski definition) is 5. The van der Waals surface area contributed by atoms with Crippen LogP contribution in [-0.2, 0) is 0 Å². The number of thioether (sulfide) groups is 1. The number of anilines is 1. The van der Waals surface area contributed by atoms with E-state index in [1.807, 2.05) is 18.7 Å². The van der Waals surface area contributed by atoms with Crippen molar-refractivity contribution in [3.8, 4) is 0 Å². The molecule has 5 nitrogen and oxygen atoms in total. The van der Waals surface area contributed by atoms with Crippen molar-refractivity contribution in [2.75, 3.05) is 29.9 Å². The normalized spacial score (nSPS) is 16.1. The molecule has 1 aliphatic rings. The first kappa shape index (κ1) is 14.1. The first-order chi connectivity index (χ1) is 9.29. The molecule has 19 heavy (non-hydrogen) atoms. The summed E-state index contributed by atoms with van der Waals surface area (Å²) in [4.78, 5) is 20.3. The highest BCUT2D eigenvalue weighted by Crippen LogP contribution is 2.21. The van der Waals surface area contributed by atoms with Gasteiger partial charge in [0, 0.05) is 13.1 Å². The van der Waals surface area contributed by atoms with Crippen LogP contribution in [0.1, 0.15) is 30.3 Å². The minimum atomic E-state index is -0.134. The first-order valence-electron chi connectivity index (χ1n) is 6.71. The van der Waals surface area contributed by atoms with Crippen LogP contribution in [0.25, 0.3) is 0 Å². The van der Waals surface area contributed by atoms with Gasteiger partial charge in [-0.05, 0) is 37.2 Å². The number of nitrogens with zero attached hydrogens (tertiary/aromatic N) is 2. The second-order valence-electron chi connectivity index (χ2n) is 4.59. The van der Waals surface area contributed by atoms with Crippen molar-refractivity contribution in [2.45, 2.75) is 19.8 Å². The Hall–Kier alpha value is -1.30. The topological polar surface area (TPSA) is 66.9 Å². The lowest BCUT2D eigenvalue weighted by atomic mass is 10.0. The van der Waals surface area contributed by atoms with Crippen molar-refractivity contribution in [3.63, 3.8) is 0 Å². The fourth-order valence-corrected chi connectivity index (χ4v) is 3.22. The van der Waals surface area contributed by atoms with E-state index in [0.29, 0.717) is 17.4 Å². The van der Waals surface area contributed by atoms with Crippen LogP contribution in [0.5, 0.6) is 0 Å². The molecule has 0 unspecified atom stereocenters. The quantitative estimate of drug-likeness (QED) is 0.860. The Labute approximate surface area is 118 Å². The highest BCUT2D eigenvalue weighted by atomic mass is 32.2. The van der Waals surface area contributed by atoms with E-state index in [4.69, 9.17) is 0 Å². The minimum Gasteiger partial charge on any atom is -0.369 e. The number of carbonyl (C=O) groups is 1. The number of aromatic nitrogens is 2. The molecule has 2 N–H and O–H groups in total. The SMILES string of the molecule is CCNc1cncc(C(=O)NCC2CCSCC2)n1. The van der Waals surface area contributed by atoms with Gasteiger partial charge in [-0.25, -0.2) is 4.98 Å².